The van der Waals surface area contributed by atoms with Gasteiger partial charge in [-0.1, -0.05) is 7.43 Å². The lowest BCUT2D eigenvalue weighted by atomic mass is 10.2. The Morgan fingerprint density at radius 2 is 1.85 bits per heavy atom. The molecular formula is C10H22NO2+. The molecule has 0 fully saturated rings. The SMILES string of the molecule is C.CC(=O)CC[N+](C)(C)CCC=O. The quantitative estimate of drug-likeness (QED) is 0.464. The fraction of sp³-hybridized carbons (Fsp3) is 0.800. The molecule has 0 heterocycles. The molecule has 0 bridgehead atoms. The Labute approximate surface area is 81.3 Å². The molecule has 0 aromatic rings. The van der Waals surface area contributed by atoms with Gasteiger partial charge < -0.3 is 9.28 Å². The van der Waals surface area contributed by atoms with E-state index in [2.05, 4.69) is 0 Å². The third-order valence-electron chi connectivity index (χ3n) is 1.92. The summed E-state index contributed by atoms with van der Waals surface area (Å²) in [4.78, 5) is 20.8. The molecule has 0 saturated heterocycles. The van der Waals surface area contributed by atoms with Crippen LogP contribution >= 0.6 is 0 Å². The molecule has 0 amide bonds. The van der Waals surface area contributed by atoms with Crippen LogP contribution in [0.5, 0.6) is 0 Å². The van der Waals surface area contributed by atoms with Gasteiger partial charge in [-0.05, 0) is 6.92 Å². The normalized spacial score (nSPS) is 10.4. The first kappa shape index (κ1) is 14.8. The highest BCUT2D eigenvalue weighted by Crippen LogP contribution is 2.00. The van der Waals surface area contributed by atoms with Crippen molar-refractivity contribution in [2.24, 2.45) is 0 Å². The summed E-state index contributed by atoms with van der Waals surface area (Å²) < 4.78 is 0.748. The molecule has 0 aliphatic carbocycles. The fourth-order valence-electron chi connectivity index (χ4n) is 0.974. The molecule has 0 saturated carbocycles. The van der Waals surface area contributed by atoms with Crippen LogP contribution in [0.4, 0.5) is 0 Å². The van der Waals surface area contributed by atoms with Crippen molar-refractivity contribution < 1.29 is 14.1 Å². The van der Waals surface area contributed by atoms with E-state index in [1.54, 1.807) is 6.92 Å². The van der Waals surface area contributed by atoms with Gasteiger partial charge in [0.05, 0.1) is 40.0 Å². The van der Waals surface area contributed by atoms with Gasteiger partial charge in [-0.2, -0.15) is 0 Å². The maximum atomic E-state index is 10.7. The minimum absolute atomic E-state index is 0. The highest BCUT2D eigenvalue weighted by Gasteiger charge is 2.14. The Morgan fingerprint density at radius 1 is 1.31 bits per heavy atom. The van der Waals surface area contributed by atoms with Crippen LogP contribution in [0.2, 0.25) is 0 Å². The summed E-state index contributed by atoms with van der Waals surface area (Å²) >= 11 is 0. The minimum atomic E-state index is 0. The average molecular weight is 188 g/mol. The molecule has 0 atom stereocenters. The molecule has 0 unspecified atom stereocenters. The number of rotatable bonds is 6. The molecule has 3 heteroatoms. The number of hydrogen-bond acceptors (Lipinski definition) is 2. The smallest absolute Gasteiger partial charge is 0.135 e. The van der Waals surface area contributed by atoms with Crippen molar-refractivity contribution in [2.75, 3.05) is 27.2 Å². The van der Waals surface area contributed by atoms with Crippen LogP contribution in [0.25, 0.3) is 0 Å². The van der Waals surface area contributed by atoms with E-state index in [1.165, 1.54) is 0 Å². The largest absolute Gasteiger partial charge is 0.328 e. The van der Waals surface area contributed by atoms with Gasteiger partial charge in [0.2, 0.25) is 0 Å². The van der Waals surface area contributed by atoms with E-state index in [0.29, 0.717) is 12.8 Å². The summed E-state index contributed by atoms with van der Waals surface area (Å²) in [6.45, 7) is 3.24. The van der Waals surface area contributed by atoms with E-state index >= 15 is 0 Å². The second-order valence-corrected chi connectivity index (χ2v) is 3.79. The zero-order valence-electron chi connectivity index (χ0n) is 8.17. The topological polar surface area (TPSA) is 34.1 Å². The number of carbonyl (C=O) groups excluding carboxylic acids is 2. The Kier molecular flexibility index (Phi) is 7.72. The lowest BCUT2D eigenvalue weighted by Gasteiger charge is -2.28. The second-order valence-electron chi connectivity index (χ2n) is 3.79. The van der Waals surface area contributed by atoms with E-state index in [9.17, 15) is 9.59 Å². The lowest BCUT2D eigenvalue weighted by molar-refractivity contribution is -0.889. The predicted octanol–water partition coefficient (Wildman–Crippen LogP) is 1.27. The maximum absolute atomic E-state index is 10.7. The number of nitrogens with zero attached hydrogens (tertiary/aromatic N) is 1. The maximum Gasteiger partial charge on any atom is 0.135 e. The molecule has 0 rings (SSSR count). The Balaban J connectivity index is 0. The third-order valence-corrected chi connectivity index (χ3v) is 1.92. The summed E-state index contributed by atoms with van der Waals surface area (Å²) in [5.74, 6) is 0.215. The molecule has 0 spiro atoms. The van der Waals surface area contributed by atoms with E-state index in [0.717, 1.165) is 23.9 Å². The first-order chi connectivity index (χ1) is 5.48. The van der Waals surface area contributed by atoms with Crippen LogP contribution in [-0.2, 0) is 9.59 Å². The Morgan fingerprint density at radius 3 is 2.23 bits per heavy atom. The highest BCUT2D eigenvalue weighted by atomic mass is 16.1. The zero-order chi connectivity index (χ0) is 9.61. The van der Waals surface area contributed by atoms with Crippen LogP contribution < -0.4 is 0 Å². The number of aldehydes is 1. The second kappa shape index (κ2) is 6.78. The molecule has 78 valence electrons. The molecule has 0 radical (unpaired) electrons. The van der Waals surface area contributed by atoms with Gasteiger partial charge >= 0.3 is 0 Å². The summed E-state index contributed by atoms with van der Waals surface area (Å²) in [7, 11) is 4.07. The summed E-state index contributed by atoms with van der Waals surface area (Å²) in [6.07, 6.45) is 2.10. The number of ketones is 1. The summed E-state index contributed by atoms with van der Waals surface area (Å²) in [5, 5.41) is 0. The van der Waals surface area contributed by atoms with E-state index in [-0.39, 0.29) is 13.2 Å². The van der Waals surface area contributed by atoms with Crippen LogP contribution in [0.3, 0.4) is 0 Å². The molecule has 0 N–H and O–H groups in total. The highest BCUT2D eigenvalue weighted by molar-refractivity contribution is 5.75. The molecule has 0 aromatic heterocycles. The van der Waals surface area contributed by atoms with Crippen LogP contribution in [0.1, 0.15) is 27.2 Å². The minimum Gasteiger partial charge on any atom is -0.328 e. The van der Waals surface area contributed by atoms with Gasteiger partial charge in [-0.3, -0.25) is 4.79 Å². The van der Waals surface area contributed by atoms with Gasteiger partial charge in [0.25, 0.3) is 0 Å². The first-order valence-corrected chi connectivity index (χ1v) is 4.23. The zero-order valence-corrected chi connectivity index (χ0v) is 8.17. The lowest BCUT2D eigenvalue weighted by Crippen LogP contribution is -2.42. The molecule has 0 aromatic carbocycles. The molecule has 13 heavy (non-hydrogen) atoms. The van der Waals surface area contributed by atoms with Crippen molar-refractivity contribution in [2.45, 2.75) is 27.2 Å². The molecule has 0 aliphatic rings. The van der Waals surface area contributed by atoms with Gasteiger partial charge in [0.1, 0.15) is 12.1 Å². The van der Waals surface area contributed by atoms with Gasteiger partial charge in [-0.25, -0.2) is 0 Å². The summed E-state index contributed by atoms with van der Waals surface area (Å²) in [5.41, 5.74) is 0. The van der Waals surface area contributed by atoms with Crippen LogP contribution in [0.15, 0.2) is 0 Å². The van der Waals surface area contributed by atoms with Crippen LogP contribution in [-0.4, -0.2) is 43.7 Å². The van der Waals surface area contributed by atoms with Gasteiger partial charge in [0, 0.05) is 0 Å². The summed E-state index contributed by atoms with van der Waals surface area (Å²) in [6, 6.07) is 0. The van der Waals surface area contributed by atoms with Crippen molar-refractivity contribution in [3.63, 3.8) is 0 Å². The standard InChI is InChI=1S/C9H18NO2.CH4/c1-9(12)5-7-10(2,3)6-4-8-11;/h8H,4-7H2,1-3H3;1H4/q+1;. The van der Waals surface area contributed by atoms with E-state index in [4.69, 9.17) is 0 Å². The van der Waals surface area contributed by atoms with E-state index < -0.39 is 0 Å². The molecular weight excluding hydrogens is 166 g/mol. The Bertz CT molecular complexity index is 164. The van der Waals surface area contributed by atoms with Crippen molar-refractivity contribution in [3.05, 3.63) is 0 Å². The number of quaternary nitrogens is 1. The van der Waals surface area contributed by atoms with Crippen molar-refractivity contribution in [3.8, 4) is 0 Å². The van der Waals surface area contributed by atoms with E-state index in [1.807, 2.05) is 14.1 Å². The first-order valence-electron chi connectivity index (χ1n) is 4.23. The molecule has 0 aliphatic heterocycles. The molecule has 3 nitrogen and oxygen atoms in total. The monoisotopic (exact) mass is 188 g/mol. The Hall–Kier alpha value is -0.700. The van der Waals surface area contributed by atoms with Crippen molar-refractivity contribution in [1.82, 2.24) is 0 Å². The number of carbonyl (C=O) groups is 2. The van der Waals surface area contributed by atoms with Crippen LogP contribution in [0, 0.1) is 0 Å². The third kappa shape index (κ3) is 9.21. The number of Topliss-reactive ketones (excluding diaryl/α,β-unsaturated/α-hetero) is 1. The van der Waals surface area contributed by atoms with Crippen molar-refractivity contribution >= 4 is 12.1 Å². The van der Waals surface area contributed by atoms with Gasteiger partial charge in [-0.15, -0.1) is 0 Å². The number of hydrogen-bond donors (Lipinski definition) is 0. The predicted molar refractivity (Wildman–Crippen MR) is 54.6 cm³/mol. The van der Waals surface area contributed by atoms with Crippen molar-refractivity contribution in [1.29, 1.82) is 0 Å². The fourth-order valence-corrected chi connectivity index (χ4v) is 0.974. The van der Waals surface area contributed by atoms with Gasteiger partial charge in [0.15, 0.2) is 0 Å². The average Bonchev–Trinajstić information content (AvgIpc) is 1.98.